The molecule has 0 atom stereocenters. The Morgan fingerprint density at radius 1 is 1.00 bits per heavy atom. The van der Waals surface area contributed by atoms with Crippen LogP contribution in [0.15, 0.2) is 60.7 Å². The summed E-state index contributed by atoms with van der Waals surface area (Å²) >= 11 is 0. The zero-order valence-electron chi connectivity index (χ0n) is 12.5. The van der Waals surface area contributed by atoms with Gasteiger partial charge in [0.25, 0.3) is 0 Å². The molecule has 4 heteroatoms. The number of para-hydroxylation sites is 1. The van der Waals surface area contributed by atoms with Gasteiger partial charge in [0, 0.05) is 11.3 Å². The number of aromatic nitrogens is 2. The van der Waals surface area contributed by atoms with E-state index in [1.807, 2.05) is 60.7 Å². The van der Waals surface area contributed by atoms with Crippen LogP contribution in [0.4, 0.5) is 0 Å². The molecular weight excluding hydrogens is 288 g/mol. The highest BCUT2D eigenvalue weighted by atomic mass is 16.4. The Balaban J connectivity index is 2.15. The van der Waals surface area contributed by atoms with Gasteiger partial charge in [0.1, 0.15) is 0 Å². The third-order valence-corrected chi connectivity index (χ3v) is 3.42. The molecule has 0 radical (unpaired) electrons. The molecule has 1 N–H and O–H groups in total. The van der Waals surface area contributed by atoms with Crippen molar-refractivity contribution in [1.82, 2.24) is 9.55 Å². The fraction of sp³-hybridized carbons (Fsp3) is 0.0526. The third-order valence-electron chi connectivity index (χ3n) is 3.42. The fourth-order valence-electron chi connectivity index (χ4n) is 2.33. The van der Waals surface area contributed by atoms with Crippen molar-refractivity contribution in [3.8, 4) is 17.5 Å². The number of carbonyl (C=O) groups is 1. The maximum absolute atomic E-state index is 11.4. The Morgan fingerprint density at radius 3 is 2.22 bits per heavy atom. The van der Waals surface area contributed by atoms with Gasteiger partial charge in [-0.1, -0.05) is 42.3 Å². The van der Waals surface area contributed by atoms with Crippen molar-refractivity contribution in [3.63, 3.8) is 0 Å². The minimum atomic E-state index is -1.06. The average molecular weight is 302 g/mol. The zero-order chi connectivity index (χ0) is 16.2. The van der Waals surface area contributed by atoms with Crippen LogP contribution in [0.25, 0.3) is 5.69 Å². The lowest BCUT2D eigenvalue weighted by Crippen LogP contribution is -2.02. The van der Waals surface area contributed by atoms with E-state index in [1.54, 1.807) is 11.5 Å². The van der Waals surface area contributed by atoms with Crippen LogP contribution >= 0.6 is 0 Å². The molecule has 23 heavy (non-hydrogen) atoms. The second kappa shape index (κ2) is 6.20. The van der Waals surface area contributed by atoms with Gasteiger partial charge < -0.3 is 5.11 Å². The van der Waals surface area contributed by atoms with Gasteiger partial charge in [-0.15, -0.1) is 0 Å². The maximum atomic E-state index is 11.4. The van der Waals surface area contributed by atoms with Crippen molar-refractivity contribution < 1.29 is 9.90 Å². The molecule has 112 valence electrons. The maximum Gasteiger partial charge on any atom is 0.356 e. The van der Waals surface area contributed by atoms with Crippen molar-refractivity contribution >= 4 is 5.97 Å². The summed E-state index contributed by atoms with van der Waals surface area (Å²) in [7, 11) is 0. The number of rotatable bonds is 2. The smallest absolute Gasteiger partial charge is 0.356 e. The number of imidazole rings is 1. The Morgan fingerprint density at radius 2 is 1.61 bits per heavy atom. The van der Waals surface area contributed by atoms with E-state index in [-0.39, 0.29) is 5.69 Å². The van der Waals surface area contributed by atoms with E-state index < -0.39 is 5.97 Å². The van der Waals surface area contributed by atoms with E-state index >= 15 is 0 Å². The molecule has 0 saturated carbocycles. The Kier molecular flexibility index (Phi) is 3.94. The molecule has 0 amide bonds. The molecule has 1 heterocycles. The lowest BCUT2D eigenvalue weighted by atomic mass is 10.2. The largest absolute Gasteiger partial charge is 0.476 e. The number of aromatic carboxylic acids is 1. The summed E-state index contributed by atoms with van der Waals surface area (Å²) in [5, 5.41) is 9.31. The molecule has 0 aliphatic carbocycles. The van der Waals surface area contributed by atoms with Crippen molar-refractivity contribution in [3.05, 3.63) is 83.4 Å². The van der Waals surface area contributed by atoms with Crippen molar-refractivity contribution in [2.45, 2.75) is 6.92 Å². The first kappa shape index (κ1) is 14.6. The highest BCUT2D eigenvalue weighted by Crippen LogP contribution is 2.17. The Bertz CT molecular complexity index is 901. The number of hydrogen-bond acceptors (Lipinski definition) is 2. The van der Waals surface area contributed by atoms with Gasteiger partial charge in [0.05, 0.1) is 5.69 Å². The van der Waals surface area contributed by atoms with Crippen molar-refractivity contribution in [2.24, 2.45) is 0 Å². The van der Waals surface area contributed by atoms with Crippen LogP contribution in [0.3, 0.4) is 0 Å². The molecule has 0 unspecified atom stereocenters. The first-order chi connectivity index (χ1) is 11.2. The zero-order valence-corrected chi connectivity index (χ0v) is 12.5. The molecule has 0 aliphatic heterocycles. The fourth-order valence-corrected chi connectivity index (χ4v) is 2.33. The summed E-state index contributed by atoms with van der Waals surface area (Å²) in [6, 6.07) is 19.0. The van der Waals surface area contributed by atoms with E-state index in [0.717, 1.165) is 11.3 Å². The molecule has 0 bridgehead atoms. The van der Waals surface area contributed by atoms with E-state index in [0.29, 0.717) is 11.5 Å². The molecule has 0 fully saturated rings. The van der Waals surface area contributed by atoms with Crippen molar-refractivity contribution in [1.29, 1.82) is 0 Å². The summed E-state index contributed by atoms with van der Waals surface area (Å²) in [5.41, 5.74) is 2.26. The van der Waals surface area contributed by atoms with Crippen LogP contribution in [-0.2, 0) is 0 Å². The van der Waals surface area contributed by atoms with Gasteiger partial charge in [-0.25, -0.2) is 9.78 Å². The molecule has 0 saturated heterocycles. The molecule has 3 rings (SSSR count). The molecule has 4 nitrogen and oxygen atoms in total. The molecule has 0 aliphatic rings. The van der Waals surface area contributed by atoms with Gasteiger partial charge in [-0.05, 0) is 37.1 Å². The Hall–Kier alpha value is -3.32. The van der Waals surface area contributed by atoms with E-state index in [9.17, 15) is 9.90 Å². The normalized spacial score (nSPS) is 9.96. The van der Waals surface area contributed by atoms with E-state index in [4.69, 9.17) is 0 Å². The second-order valence-electron chi connectivity index (χ2n) is 4.96. The monoisotopic (exact) mass is 302 g/mol. The van der Waals surface area contributed by atoms with Gasteiger partial charge in [-0.2, -0.15) is 0 Å². The topological polar surface area (TPSA) is 55.1 Å². The van der Waals surface area contributed by atoms with Gasteiger partial charge >= 0.3 is 5.97 Å². The lowest BCUT2D eigenvalue weighted by Gasteiger charge is -2.06. The van der Waals surface area contributed by atoms with E-state index in [2.05, 4.69) is 16.8 Å². The van der Waals surface area contributed by atoms with E-state index in [1.165, 1.54) is 0 Å². The summed E-state index contributed by atoms with van der Waals surface area (Å²) in [4.78, 5) is 15.6. The highest BCUT2D eigenvalue weighted by Gasteiger charge is 2.18. The standard InChI is InChI=1S/C19H14N2O2/c1-14-18(19(22)23)20-17(13-12-15-8-4-2-5-9-15)21(14)16-10-6-3-7-11-16/h2-11H,1H3,(H,22,23). The van der Waals surface area contributed by atoms with Gasteiger partial charge in [0.15, 0.2) is 11.5 Å². The molecule has 3 aromatic rings. The first-order valence-corrected chi connectivity index (χ1v) is 7.12. The Labute approximate surface area is 134 Å². The van der Waals surface area contributed by atoms with Crippen LogP contribution in [0.5, 0.6) is 0 Å². The summed E-state index contributed by atoms with van der Waals surface area (Å²) in [6.07, 6.45) is 0. The summed E-state index contributed by atoms with van der Waals surface area (Å²) < 4.78 is 1.76. The SMILES string of the molecule is Cc1c(C(=O)O)nc(C#Cc2ccccc2)n1-c1ccccc1. The van der Waals surface area contributed by atoms with Crippen LogP contribution < -0.4 is 0 Å². The number of carboxylic acid groups (broad SMARTS) is 1. The number of nitrogens with zero attached hydrogens (tertiary/aromatic N) is 2. The number of carboxylic acids is 1. The van der Waals surface area contributed by atoms with Crippen LogP contribution in [-0.4, -0.2) is 20.6 Å². The van der Waals surface area contributed by atoms with Crippen molar-refractivity contribution in [2.75, 3.05) is 0 Å². The molecular formula is C19H14N2O2. The van der Waals surface area contributed by atoms with Gasteiger partial charge in [0.2, 0.25) is 0 Å². The lowest BCUT2D eigenvalue weighted by molar-refractivity contribution is 0.0690. The minimum Gasteiger partial charge on any atom is -0.476 e. The van der Waals surface area contributed by atoms with Crippen LogP contribution in [0.1, 0.15) is 27.6 Å². The number of benzene rings is 2. The molecule has 2 aromatic carbocycles. The average Bonchev–Trinajstić information content (AvgIpc) is 2.91. The second-order valence-corrected chi connectivity index (χ2v) is 4.96. The third kappa shape index (κ3) is 2.99. The quantitative estimate of drug-likeness (QED) is 0.739. The predicted molar refractivity (Wildman–Crippen MR) is 87.7 cm³/mol. The molecule has 1 aromatic heterocycles. The highest BCUT2D eigenvalue weighted by molar-refractivity contribution is 5.87. The first-order valence-electron chi connectivity index (χ1n) is 7.12. The molecule has 0 spiro atoms. The predicted octanol–water partition coefficient (Wildman–Crippen LogP) is 3.28. The van der Waals surface area contributed by atoms with Crippen LogP contribution in [0.2, 0.25) is 0 Å². The summed E-state index contributed by atoms with van der Waals surface area (Å²) in [6.45, 7) is 1.73. The van der Waals surface area contributed by atoms with Gasteiger partial charge in [-0.3, -0.25) is 4.57 Å². The minimum absolute atomic E-state index is 0.0196. The number of hydrogen-bond donors (Lipinski definition) is 1. The summed E-state index contributed by atoms with van der Waals surface area (Å²) in [5.74, 6) is 5.36. The van der Waals surface area contributed by atoms with Crippen LogP contribution in [0, 0.1) is 18.8 Å².